The van der Waals surface area contributed by atoms with Gasteiger partial charge in [-0.25, -0.2) is 9.78 Å². The van der Waals surface area contributed by atoms with E-state index in [0.717, 1.165) is 42.4 Å². The molecule has 7 nitrogen and oxygen atoms in total. The van der Waals surface area contributed by atoms with Crippen molar-refractivity contribution in [1.29, 1.82) is 0 Å². The smallest absolute Gasteiger partial charge is 0.407 e. The number of thiazole rings is 1. The average molecular weight is 412 g/mol. The van der Waals surface area contributed by atoms with E-state index in [1.807, 2.05) is 40.8 Å². The highest BCUT2D eigenvalue weighted by molar-refractivity contribution is 7.15. The van der Waals surface area contributed by atoms with Gasteiger partial charge in [-0.15, -0.1) is 11.3 Å². The third-order valence-electron chi connectivity index (χ3n) is 4.77. The third kappa shape index (κ3) is 6.65. The van der Waals surface area contributed by atoms with Crippen LogP contribution in [0.2, 0.25) is 0 Å². The van der Waals surface area contributed by atoms with Gasteiger partial charge in [-0.3, -0.25) is 4.79 Å². The molecule has 1 N–H and O–H groups in total. The fourth-order valence-electron chi connectivity index (χ4n) is 3.08. The summed E-state index contributed by atoms with van der Waals surface area (Å²) in [7, 11) is 1.42. The average Bonchev–Trinajstić information content (AvgIpc) is 3.07. The molecule has 1 saturated heterocycles. The predicted molar refractivity (Wildman–Crippen MR) is 111 cm³/mol. The van der Waals surface area contributed by atoms with E-state index in [-0.39, 0.29) is 18.1 Å². The van der Waals surface area contributed by atoms with E-state index in [0.29, 0.717) is 6.42 Å². The summed E-state index contributed by atoms with van der Waals surface area (Å²) in [6.07, 6.45) is 4.77. The highest BCUT2D eigenvalue weighted by Crippen LogP contribution is 2.30. The Labute approximate surface area is 171 Å². The lowest BCUT2D eigenvalue weighted by molar-refractivity contribution is -0.151. The number of anilines is 1. The van der Waals surface area contributed by atoms with Crippen LogP contribution >= 0.6 is 11.3 Å². The minimum atomic E-state index is -0.508. The van der Waals surface area contributed by atoms with Crippen molar-refractivity contribution in [2.24, 2.45) is 5.41 Å². The standard InChI is InChI=1S/C20H33N3O4S/c1-19(2,3)27-18(25)22-14-8-11-23(12-9-14)16-13-21-15(28-16)7-10-20(4,5)17(24)26-6/h13-14H,7-12H2,1-6H3,(H,22,25). The van der Waals surface area contributed by atoms with Crippen LogP contribution in [0.3, 0.4) is 0 Å². The van der Waals surface area contributed by atoms with Crippen LogP contribution in [0.4, 0.5) is 9.80 Å². The van der Waals surface area contributed by atoms with Gasteiger partial charge in [0, 0.05) is 25.6 Å². The number of carbonyl (C=O) groups excluding carboxylic acids is 2. The molecule has 1 aromatic rings. The van der Waals surface area contributed by atoms with Crippen molar-refractivity contribution in [2.45, 2.75) is 71.9 Å². The van der Waals surface area contributed by atoms with Gasteiger partial charge >= 0.3 is 12.1 Å². The van der Waals surface area contributed by atoms with Crippen LogP contribution in [0, 0.1) is 5.41 Å². The number of nitrogens with zero attached hydrogens (tertiary/aromatic N) is 2. The van der Waals surface area contributed by atoms with Crippen LogP contribution in [-0.2, 0) is 20.7 Å². The number of amides is 1. The largest absolute Gasteiger partial charge is 0.469 e. The summed E-state index contributed by atoms with van der Waals surface area (Å²) in [6, 6.07) is 0.138. The zero-order valence-electron chi connectivity index (χ0n) is 17.8. The minimum absolute atomic E-state index is 0.138. The third-order valence-corrected chi connectivity index (χ3v) is 5.89. The Morgan fingerprint density at radius 1 is 1.25 bits per heavy atom. The zero-order chi connectivity index (χ0) is 20.9. The molecule has 1 fully saturated rings. The van der Waals surface area contributed by atoms with E-state index >= 15 is 0 Å². The Morgan fingerprint density at radius 3 is 2.46 bits per heavy atom. The molecule has 2 rings (SSSR count). The number of aryl methyl sites for hydroxylation is 1. The molecule has 1 aromatic heterocycles. The molecule has 0 unspecified atom stereocenters. The van der Waals surface area contributed by atoms with Crippen LogP contribution in [0.1, 0.15) is 58.9 Å². The number of methoxy groups -OCH3 is 1. The molecule has 158 valence electrons. The second-order valence-corrected chi connectivity index (χ2v) is 9.97. The van der Waals surface area contributed by atoms with Crippen molar-refractivity contribution >= 4 is 28.4 Å². The number of nitrogens with one attached hydrogen (secondary N) is 1. The summed E-state index contributed by atoms with van der Waals surface area (Å²) in [6.45, 7) is 11.1. The number of hydrogen-bond acceptors (Lipinski definition) is 7. The van der Waals surface area contributed by atoms with Crippen LogP contribution in [0.25, 0.3) is 0 Å². The summed E-state index contributed by atoms with van der Waals surface area (Å²) in [5, 5.41) is 5.13. The Bertz CT molecular complexity index is 673. The maximum Gasteiger partial charge on any atom is 0.407 e. The lowest BCUT2D eigenvalue weighted by Crippen LogP contribution is -2.46. The Hall–Kier alpha value is -1.83. The first-order valence-electron chi connectivity index (χ1n) is 9.78. The van der Waals surface area contributed by atoms with Crippen molar-refractivity contribution in [3.63, 3.8) is 0 Å². The monoisotopic (exact) mass is 411 g/mol. The predicted octanol–water partition coefficient (Wildman–Crippen LogP) is 3.77. The van der Waals surface area contributed by atoms with Gasteiger partial charge in [-0.2, -0.15) is 0 Å². The second-order valence-electron chi connectivity index (χ2n) is 8.88. The normalized spacial score (nSPS) is 16.0. The highest BCUT2D eigenvalue weighted by atomic mass is 32.1. The van der Waals surface area contributed by atoms with Gasteiger partial charge in [0.25, 0.3) is 0 Å². The van der Waals surface area contributed by atoms with Gasteiger partial charge in [0.1, 0.15) is 10.6 Å². The van der Waals surface area contributed by atoms with Gasteiger partial charge < -0.3 is 19.7 Å². The maximum atomic E-state index is 11.9. The number of esters is 1. The quantitative estimate of drug-likeness (QED) is 0.718. The number of ether oxygens (including phenoxy) is 2. The van der Waals surface area contributed by atoms with Crippen molar-refractivity contribution in [3.05, 3.63) is 11.2 Å². The first kappa shape index (κ1) is 22.5. The van der Waals surface area contributed by atoms with Gasteiger partial charge in [0.2, 0.25) is 0 Å². The van der Waals surface area contributed by atoms with Crippen LogP contribution < -0.4 is 10.2 Å². The fraction of sp³-hybridized carbons (Fsp3) is 0.750. The Morgan fingerprint density at radius 2 is 1.89 bits per heavy atom. The second kappa shape index (κ2) is 9.11. The molecule has 0 bridgehead atoms. The molecule has 0 radical (unpaired) electrons. The molecular weight excluding hydrogens is 378 g/mol. The summed E-state index contributed by atoms with van der Waals surface area (Å²) in [5.41, 5.74) is -0.988. The number of carbonyl (C=O) groups is 2. The Balaban J connectivity index is 1.81. The molecule has 0 saturated carbocycles. The molecule has 1 amide bonds. The van der Waals surface area contributed by atoms with E-state index in [2.05, 4.69) is 15.2 Å². The summed E-state index contributed by atoms with van der Waals surface area (Å²) in [4.78, 5) is 30.5. The number of rotatable bonds is 6. The molecule has 0 aliphatic carbocycles. The molecule has 0 aromatic carbocycles. The van der Waals surface area contributed by atoms with E-state index in [1.165, 1.54) is 7.11 Å². The maximum absolute atomic E-state index is 11.9. The van der Waals surface area contributed by atoms with Crippen LogP contribution in [-0.4, -0.2) is 48.9 Å². The molecule has 2 heterocycles. The van der Waals surface area contributed by atoms with E-state index in [4.69, 9.17) is 9.47 Å². The SMILES string of the molecule is COC(=O)C(C)(C)CCc1ncc(N2CCC(NC(=O)OC(C)(C)C)CC2)s1. The Kier molecular flexibility index (Phi) is 7.31. The highest BCUT2D eigenvalue weighted by Gasteiger charge is 2.29. The zero-order valence-corrected chi connectivity index (χ0v) is 18.6. The van der Waals surface area contributed by atoms with Gasteiger partial charge in [0.15, 0.2) is 0 Å². The summed E-state index contributed by atoms with van der Waals surface area (Å²) in [5.74, 6) is -0.191. The van der Waals surface area contributed by atoms with E-state index < -0.39 is 11.0 Å². The number of hydrogen-bond donors (Lipinski definition) is 1. The molecular formula is C20H33N3O4S. The molecule has 8 heteroatoms. The molecule has 0 atom stereocenters. The number of piperidine rings is 1. The minimum Gasteiger partial charge on any atom is -0.469 e. The number of aromatic nitrogens is 1. The lowest BCUT2D eigenvalue weighted by Gasteiger charge is -2.33. The first-order valence-corrected chi connectivity index (χ1v) is 10.6. The molecule has 1 aliphatic heterocycles. The topological polar surface area (TPSA) is 80.8 Å². The molecule has 0 spiro atoms. The molecule has 28 heavy (non-hydrogen) atoms. The van der Waals surface area contributed by atoms with Crippen molar-refractivity contribution in [2.75, 3.05) is 25.1 Å². The van der Waals surface area contributed by atoms with Gasteiger partial charge in [0.05, 0.1) is 23.7 Å². The van der Waals surface area contributed by atoms with Gasteiger partial charge in [-0.1, -0.05) is 0 Å². The van der Waals surface area contributed by atoms with Crippen molar-refractivity contribution in [3.8, 4) is 0 Å². The number of alkyl carbamates (subject to hydrolysis) is 1. The molecule has 1 aliphatic rings. The van der Waals surface area contributed by atoms with E-state index in [9.17, 15) is 9.59 Å². The lowest BCUT2D eigenvalue weighted by atomic mass is 9.88. The van der Waals surface area contributed by atoms with Crippen LogP contribution in [0.15, 0.2) is 6.20 Å². The first-order chi connectivity index (χ1) is 13.0. The van der Waals surface area contributed by atoms with E-state index in [1.54, 1.807) is 11.3 Å². The van der Waals surface area contributed by atoms with Crippen molar-refractivity contribution < 1.29 is 19.1 Å². The van der Waals surface area contributed by atoms with Crippen LogP contribution in [0.5, 0.6) is 0 Å². The summed E-state index contributed by atoms with van der Waals surface area (Å²) >= 11 is 1.67. The van der Waals surface area contributed by atoms with Gasteiger partial charge in [-0.05, 0) is 53.9 Å². The van der Waals surface area contributed by atoms with Crippen molar-refractivity contribution in [1.82, 2.24) is 10.3 Å². The summed E-state index contributed by atoms with van der Waals surface area (Å²) < 4.78 is 10.2. The fourth-order valence-corrected chi connectivity index (χ4v) is 4.05.